The Balaban J connectivity index is 1.96. The first-order valence-electron chi connectivity index (χ1n) is 8.68. The topological polar surface area (TPSA) is 43.4 Å². The second-order valence-corrected chi connectivity index (χ2v) is 7.39. The molecule has 3 aromatic rings. The molecular weight excluding hydrogens is 395 g/mol. The van der Waals surface area contributed by atoms with Crippen LogP contribution < -0.4 is 0 Å². The maximum Gasteiger partial charge on any atom is 0.340 e. The molecular formula is C23H18Cl2O3. The molecule has 0 amide bonds. The first-order chi connectivity index (χ1) is 13.3. The predicted molar refractivity (Wildman–Crippen MR) is 111 cm³/mol. The Labute approximate surface area is 173 Å². The van der Waals surface area contributed by atoms with E-state index in [1.807, 2.05) is 38.1 Å². The van der Waals surface area contributed by atoms with Crippen LogP contribution in [0.4, 0.5) is 0 Å². The van der Waals surface area contributed by atoms with Gasteiger partial charge in [-0.2, -0.15) is 0 Å². The molecule has 0 spiro atoms. The fourth-order valence-electron chi connectivity index (χ4n) is 2.71. The molecule has 3 rings (SSSR count). The summed E-state index contributed by atoms with van der Waals surface area (Å²) in [7, 11) is 0. The van der Waals surface area contributed by atoms with Crippen molar-refractivity contribution in [3.05, 3.63) is 105 Å². The number of ether oxygens (including phenoxy) is 1. The van der Waals surface area contributed by atoms with Crippen LogP contribution in [-0.2, 0) is 4.74 Å². The lowest BCUT2D eigenvalue weighted by Gasteiger charge is -2.18. The van der Waals surface area contributed by atoms with Gasteiger partial charge in [0, 0.05) is 16.1 Å². The standard InChI is InChI=1S/C23H18Cl2O3/c1-14-3-7-16(8-4-14)21(26)22(17-9-5-15(2)6-10-17)28-23(27)19-12-11-18(24)13-20(19)25/h3-13,22H,1-2H3/t22-/m1/s1. The molecule has 0 saturated heterocycles. The number of rotatable bonds is 5. The van der Waals surface area contributed by atoms with E-state index in [0.29, 0.717) is 16.1 Å². The second kappa shape index (κ2) is 8.59. The van der Waals surface area contributed by atoms with Gasteiger partial charge in [-0.15, -0.1) is 0 Å². The van der Waals surface area contributed by atoms with E-state index in [1.165, 1.54) is 12.1 Å². The van der Waals surface area contributed by atoms with Crippen molar-refractivity contribution in [2.75, 3.05) is 0 Å². The minimum absolute atomic E-state index is 0.153. The summed E-state index contributed by atoms with van der Waals surface area (Å²) >= 11 is 12.0. The third kappa shape index (κ3) is 4.61. The summed E-state index contributed by atoms with van der Waals surface area (Å²) in [6.45, 7) is 3.88. The lowest BCUT2D eigenvalue weighted by atomic mass is 9.98. The van der Waals surface area contributed by atoms with E-state index < -0.39 is 12.1 Å². The molecule has 5 heteroatoms. The van der Waals surface area contributed by atoms with Gasteiger partial charge < -0.3 is 4.74 Å². The Bertz CT molecular complexity index is 1010. The lowest BCUT2D eigenvalue weighted by Crippen LogP contribution is -2.20. The molecule has 0 saturated carbocycles. The normalized spacial score (nSPS) is 11.7. The van der Waals surface area contributed by atoms with E-state index in [4.69, 9.17) is 27.9 Å². The van der Waals surface area contributed by atoms with Gasteiger partial charge in [-0.05, 0) is 32.0 Å². The van der Waals surface area contributed by atoms with E-state index >= 15 is 0 Å². The zero-order valence-electron chi connectivity index (χ0n) is 15.4. The smallest absolute Gasteiger partial charge is 0.340 e. The van der Waals surface area contributed by atoms with Crippen LogP contribution in [0, 0.1) is 13.8 Å². The van der Waals surface area contributed by atoms with Crippen molar-refractivity contribution < 1.29 is 14.3 Å². The summed E-state index contributed by atoms with van der Waals surface area (Å²) < 4.78 is 5.61. The van der Waals surface area contributed by atoms with Crippen LogP contribution in [0.5, 0.6) is 0 Å². The molecule has 0 radical (unpaired) electrons. The average Bonchev–Trinajstić information content (AvgIpc) is 2.67. The Morgan fingerprint density at radius 3 is 1.96 bits per heavy atom. The predicted octanol–water partition coefficient (Wildman–Crippen LogP) is 6.39. The van der Waals surface area contributed by atoms with Crippen molar-refractivity contribution in [2.45, 2.75) is 20.0 Å². The van der Waals surface area contributed by atoms with Gasteiger partial charge in [-0.1, -0.05) is 82.9 Å². The van der Waals surface area contributed by atoms with Gasteiger partial charge in [0.1, 0.15) is 0 Å². The van der Waals surface area contributed by atoms with E-state index in [9.17, 15) is 9.59 Å². The Morgan fingerprint density at radius 2 is 1.39 bits per heavy atom. The number of benzene rings is 3. The monoisotopic (exact) mass is 412 g/mol. The Morgan fingerprint density at radius 1 is 0.821 bits per heavy atom. The number of Topliss-reactive ketones (excluding diaryl/α,β-unsaturated/α-hetero) is 1. The summed E-state index contributed by atoms with van der Waals surface area (Å²) in [5.74, 6) is -0.991. The summed E-state index contributed by atoms with van der Waals surface area (Å²) in [6.07, 6.45) is -1.08. The molecule has 3 aromatic carbocycles. The summed E-state index contributed by atoms with van der Waals surface area (Å²) in [4.78, 5) is 25.8. The van der Waals surface area contributed by atoms with Crippen LogP contribution in [0.1, 0.15) is 43.5 Å². The maximum absolute atomic E-state index is 13.1. The second-order valence-electron chi connectivity index (χ2n) is 6.55. The van der Waals surface area contributed by atoms with E-state index in [1.54, 1.807) is 30.3 Å². The molecule has 0 heterocycles. The fourth-order valence-corrected chi connectivity index (χ4v) is 3.19. The molecule has 0 aliphatic heterocycles. The van der Waals surface area contributed by atoms with Crippen LogP contribution in [0.25, 0.3) is 0 Å². The molecule has 0 aromatic heterocycles. The van der Waals surface area contributed by atoms with Crippen molar-refractivity contribution in [1.82, 2.24) is 0 Å². The van der Waals surface area contributed by atoms with Crippen molar-refractivity contribution >= 4 is 35.0 Å². The fraction of sp³-hybridized carbons (Fsp3) is 0.130. The zero-order valence-corrected chi connectivity index (χ0v) is 16.9. The van der Waals surface area contributed by atoms with E-state index in [0.717, 1.165) is 11.1 Å². The summed E-state index contributed by atoms with van der Waals surface area (Å²) in [5, 5.41) is 0.579. The van der Waals surface area contributed by atoms with Gasteiger partial charge in [0.2, 0.25) is 5.78 Å². The van der Waals surface area contributed by atoms with Crippen LogP contribution in [0.3, 0.4) is 0 Å². The molecule has 1 atom stereocenters. The van der Waals surface area contributed by atoms with Gasteiger partial charge in [0.15, 0.2) is 6.10 Å². The van der Waals surface area contributed by atoms with Crippen molar-refractivity contribution in [2.24, 2.45) is 0 Å². The number of halogens is 2. The Hall–Kier alpha value is -2.62. The first-order valence-corrected chi connectivity index (χ1v) is 9.44. The minimum Gasteiger partial charge on any atom is -0.445 e. The van der Waals surface area contributed by atoms with Crippen LogP contribution in [0.15, 0.2) is 66.7 Å². The number of ketones is 1. The molecule has 0 bridgehead atoms. The molecule has 0 unspecified atom stereocenters. The van der Waals surface area contributed by atoms with Gasteiger partial charge in [-0.3, -0.25) is 4.79 Å². The molecule has 0 N–H and O–H groups in total. The molecule has 3 nitrogen and oxygen atoms in total. The number of aryl methyl sites for hydroxylation is 2. The van der Waals surface area contributed by atoms with Crippen LogP contribution >= 0.6 is 23.2 Å². The highest BCUT2D eigenvalue weighted by Gasteiger charge is 2.27. The third-order valence-corrected chi connectivity index (χ3v) is 4.88. The molecule has 28 heavy (non-hydrogen) atoms. The highest BCUT2D eigenvalue weighted by Crippen LogP contribution is 2.27. The van der Waals surface area contributed by atoms with Gasteiger partial charge >= 0.3 is 5.97 Å². The average molecular weight is 413 g/mol. The van der Waals surface area contributed by atoms with Crippen LogP contribution in [-0.4, -0.2) is 11.8 Å². The van der Waals surface area contributed by atoms with E-state index in [2.05, 4.69) is 0 Å². The SMILES string of the molecule is Cc1ccc(C(=O)[C@H](OC(=O)c2ccc(Cl)cc2Cl)c2ccc(C)cc2)cc1. The molecule has 0 fully saturated rings. The maximum atomic E-state index is 13.1. The van der Waals surface area contributed by atoms with Crippen molar-refractivity contribution in [3.8, 4) is 0 Å². The highest BCUT2D eigenvalue weighted by molar-refractivity contribution is 6.36. The number of hydrogen-bond acceptors (Lipinski definition) is 3. The lowest BCUT2D eigenvalue weighted by molar-refractivity contribution is 0.0280. The number of esters is 1. The number of carbonyl (C=O) groups excluding carboxylic acids is 2. The molecule has 142 valence electrons. The Kier molecular flexibility index (Phi) is 6.18. The quantitative estimate of drug-likeness (QED) is 0.360. The first kappa shape index (κ1) is 20.1. The zero-order chi connectivity index (χ0) is 20.3. The molecule has 0 aliphatic rings. The van der Waals surface area contributed by atoms with Crippen molar-refractivity contribution in [3.63, 3.8) is 0 Å². The van der Waals surface area contributed by atoms with Gasteiger partial charge in [0.05, 0.1) is 10.6 Å². The third-order valence-electron chi connectivity index (χ3n) is 4.33. The number of hydrogen-bond donors (Lipinski definition) is 0. The van der Waals surface area contributed by atoms with Crippen LogP contribution in [0.2, 0.25) is 10.0 Å². The van der Waals surface area contributed by atoms with Gasteiger partial charge in [-0.25, -0.2) is 4.79 Å². The largest absolute Gasteiger partial charge is 0.445 e. The molecule has 0 aliphatic carbocycles. The van der Waals surface area contributed by atoms with Crippen molar-refractivity contribution in [1.29, 1.82) is 0 Å². The van der Waals surface area contributed by atoms with Gasteiger partial charge in [0.25, 0.3) is 0 Å². The highest BCUT2D eigenvalue weighted by atomic mass is 35.5. The minimum atomic E-state index is -1.08. The van der Waals surface area contributed by atoms with E-state index in [-0.39, 0.29) is 16.4 Å². The summed E-state index contributed by atoms with van der Waals surface area (Å²) in [6, 6.07) is 18.9. The summed E-state index contributed by atoms with van der Waals surface area (Å²) in [5.41, 5.74) is 3.28. The number of carbonyl (C=O) groups is 2.